The minimum atomic E-state index is -0.504. The molecule has 47 unspecified atom stereocenters. The second-order valence-electron chi connectivity index (χ2n) is 30.0. The zero-order valence-corrected chi connectivity index (χ0v) is 163. The first-order chi connectivity index (χ1) is 66.0. The van der Waals surface area contributed by atoms with Gasteiger partial charge in [-0.3, -0.25) is 0 Å². The number of anilines is 3. The SMILES string of the molecule is CC1(C)c2ccccc2-c2c(N(c3ccc(-c4ccc(-n5c6ccccc6c6ccccc65)cc4)cc3)c3cccc4c3-c3ccccc3C4(C)C)cccc21.PPP(P(P)P)P(P(P(P)P)P(P)P)P(P(P(P)P)P(P)P)P(P(P(P(P(P)P)P(P)P)P(P(P)P)P(P)P)P(P(P(P)P)P(P)P)P(P(P)P)P(P)P)P(P(P(P(P)P)P(P)P)P(P(P)P)P(P)P)P(P(P(P)P)P(P)P)P(P(P)P)P(P)P. The third-order valence-corrected chi connectivity index (χ3v) is 622. The number of benzene rings is 8. The Kier molecular flexibility index (Phi) is 80.0. The molecule has 2 aliphatic carbocycles. The molecule has 141 heavy (non-hydrogen) atoms. The van der Waals surface area contributed by atoms with E-state index in [1.165, 1.54) is 88.8 Å². The minimum absolute atomic E-state index is 0.101. The van der Waals surface area contributed by atoms with Gasteiger partial charge in [-0.05, 0) is 380 Å². The van der Waals surface area contributed by atoms with Gasteiger partial charge < -0.3 is 9.47 Å². The molecule has 2 nitrogen and oxygen atoms in total. The van der Waals surface area contributed by atoms with E-state index in [0.717, 1.165) is 19.3 Å². The Morgan fingerprint density at radius 1 is 0.213 bits per heavy atom. The van der Waals surface area contributed by atoms with E-state index < -0.39 is 69.9 Å². The van der Waals surface area contributed by atoms with Gasteiger partial charge in [0.25, 0.3) is 0 Å². The lowest BCUT2D eigenvalue weighted by molar-refractivity contribution is 0.660. The van der Waals surface area contributed by atoms with Crippen molar-refractivity contribution in [2.45, 2.75) is 38.5 Å². The molecule has 0 spiro atoms. The summed E-state index contributed by atoms with van der Waals surface area (Å²) in [5.74, 6) is 0. The summed E-state index contributed by atoms with van der Waals surface area (Å²) in [5.41, 5.74) is 20.1. The predicted octanol–water partition coefficient (Wildman–Crippen LogP) is 64.4. The largest absolute Gasteiger partial charge is 0.309 e. The van der Waals surface area contributed by atoms with Crippen molar-refractivity contribution in [1.29, 1.82) is 0 Å². The van der Waals surface area contributed by atoms with Crippen LogP contribution in [0.1, 0.15) is 49.9 Å². The standard InChI is InChI=1S/C54H42N2.H87P85/c1-53(2)43-19-9-5-17-41(43)51-45(53)21-13-25-49(51)56(50-26-14-22-46-52(50)42-18-6-10-20-44(42)54(46,3)4)38-33-29-36(30-34-38)35-27-31-37(32-28-35)55-47-23-11-7-15-39(47)40-16-8-12-24-48(40)55;1-44-66(45(2)3)77(67(46(4)5)47(6)7)82(76(64(40)41)65(42)43)85(83(78(68(48(8)9)49(10)11)69(50(12)13)51(14)15)79(70(52(16)17)53(18)19)71(54(20)21)55(22)23)84(80(72(56(24)25)57(26)27)73(58(28)29)59(30)31)81(74(60(32)33)61(34)35)75(62(36)37)63(38)39/h5-34H,1-4H3;44H,1-43H2. The number of aromatic nitrogens is 1. The number of fused-ring (bicyclic) bond motifs is 9. The van der Waals surface area contributed by atoms with Crippen LogP contribution < -0.4 is 4.90 Å². The maximum absolute atomic E-state index is 3.79. The van der Waals surface area contributed by atoms with Gasteiger partial charge in [-0.15, -0.1) is 384 Å². The second kappa shape index (κ2) is 74.0. The van der Waals surface area contributed by atoms with Crippen molar-refractivity contribution >= 4 is 717 Å². The lowest BCUT2D eigenvalue weighted by Crippen LogP contribution is -2.17. The van der Waals surface area contributed by atoms with Gasteiger partial charge in [0, 0.05) is 44.1 Å². The van der Waals surface area contributed by atoms with Crippen LogP contribution in [0.5, 0.6) is 0 Å². The lowest BCUT2D eigenvalue weighted by Gasteiger charge is -2.63. The first kappa shape index (κ1) is 152. The van der Waals surface area contributed by atoms with Crippen molar-refractivity contribution in [3.8, 4) is 39.1 Å². The summed E-state index contributed by atoms with van der Waals surface area (Å²) in [6, 6.07) is 67.4. The van der Waals surface area contributed by atoms with Gasteiger partial charge in [-0.1, -0.05) is 169 Å². The van der Waals surface area contributed by atoms with Gasteiger partial charge in [0.2, 0.25) is 0 Å². The molecule has 2 aliphatic rings. The molecule has 47 atom stereocenters. The maximum atomic E-state index is 3.79. The highest BCUT2D eigenvalue weighted by molar-refractivity contribution is 9.58. The van der Waals surface area contributed by atoms with Gasteiger partial charge in [0.05, 0.1) is 22.4 Å². The molecule has 0 N–H and O–H groups in total. The number of hydrogen-bond donors (Lipinski definition) is 0. The third-order valence-electron chi connectivity index (χ3n) is 20.3. The van der Waals surface area contributed by atoms with Crippen LogP contribution in [0.25, 0.3) is 60.9 Å². The average Bonchev–Trinajstić information content (AvgIpc) is 1.65. The van der Waals surface area contributed by atoms with Crippen LogP contribution >= 0.6 is 678 Å². The average molecular weight is 3440 g/mol. The van der Waals surface area contributed by atoms with Crippen molar-refractivity contribution < 1.29 is 0 Å². The molecule has 0 fully saturated rings. The van der Waals surface area contributed by atoms with E-state index in [0.29, 0.717) is 0 Å². The number of rotatable bonds is 46. The Balaban J connectivity index is 0.000000310. The van der Waals surface area contributed by atoms with Gasteiger partial charge in [0.15, 0.2) is 0 Å². The molecule has 0 bridgehead atoms. The quantitative estimate of drug-likeness (QED) is 0.0345. The third kappa shape index (κ3) is 39.6. The number of nitrogens with zero attached hydrogens (tertiary/aromatic N) is 2. The van der Waals surface area contributed by atoms with Crippen LogP contribution in [0.4, 0.5) is 17.1 Å². The van der Waals surface area contributed by atoms with Gasteiger partial charge in [-0.2, -0.15) is 0 Å². The number of hydrogen-bond acceptors (Lipinski definition) is 1. The molecule has 11 rings (SSSR count). The normalized spacial score (nSPS) is 15.2. The van der Waals surface area contributed by atoms with Gasteiger partial charge in [0.1, 0.15) is 0 Å². The Labute approximate surface area is 994 Å². The lowest BCUT2D eigenvalue weighted by atomic mass is 9.82. The van der Waals surface area contributed by atoms with Crippen molar-refractivity contribution in [2.75, 3.05) is 4.90 Å². The summed E-state index contributed by atoms with van der Waals surface area (Å²) in [5, 5.41) is 2.55. The van der Waals surface area contributed by atoms with Gasteiger partial charge >= 0.3 is 0 Å². The van der Waals surface area contributed by atoms with Crippen molar-refractivity contribution in [2.24, 2.45) is 0 Å². The molecule has 0 saturated heterocycles. The molecule has 0 radical (unpaired) electrons. The highest BCUT2D eigenvalue weighted by Crippen LogP contribution is 3.53. The van der Waals surface area contributed by atoms with Crippen LogP contribution in [-0.2, 0) is 10.8 Å². The number of para-hydroxylation sites is 2. The summed E-state index contributed by atoms with van der Waals surface area (Å²) in [6.07, 6.45) is 0. The predicted molar refractivity (Wildman–Crippen MR) is 946 cm³/mol. The summed E-state index contributed by atoms with van der Waals surface area (Å²) < 4.78 is 2.38. The van der Waals surface area contributed by atoms with Gasteiger partial charge in [-0.25, -0.2) is 0 Å². The molecule has 1 heterocycles. The fourth-order valence-electron chi connectivity index (χ4n) is 15.2. The molecule has 0 amide bonds. The highest BCUT2D eigenvalue weighted by Gasteiger charge is 2.66. The van der Waals surface area contributed by atoms with E-state index in [2.05, 4.69) is 603 Å². The first-order valence-corrected chi connectivity index (χ1v) is 194. The zero-order chi connectivity index (χ0) is 105. The molecule has 9 aromatic rings. The van der Waals surface area contributed by atoms with Crippen LogP contribution in [0.3, 0.4) is 0 Å². The molecule has 87 heteroatoms. The Morgan fingerprint density at radius 2 is 0.426 bits per heavy atom. The van der Waals surface area contributed by atoms with Crippen LogP contribution in [-0.4, -0.2) is 4.57 Å². The van der Waals surface area contributed by atoms with Crippen molar-refractivity contribution in [1.82, 2.24) is 4.57 Å². The highest BCUT2D eigenvalue weighted by atomic mass is 33.6. The second-order valence-corrected chi connectivity index (χ2v) is 381. The van der Waals surface area contributed by atoms with E-state index in [1.54, 1.807) is 0 Å². The molecular weight excluding hydrogens is 3310 g/mol. The first-order valence-electron chi connectivity index (χ1n) is 39.1. The fraction of sp³-hybridized carbons (Fsp3) is 0.111. The molecule has 1 aromatic heterocycles. The Morgan fingerprint density at radius 3 is 0.674 bits per heavy atom. The van der Waals surface area contributed by atoms with E-state index in [-0.39, 0.29) is 227 Å². The van der Waals surface area contributed by atoms with E-state index in [4.69, 9.17) is 0 Å². The Hall–Kier alpha value is 29.9. The molecular formula is C54H129N2P85. The minimum Gasteiger partial charge on any atom is -0.309 e. The summed E-state index contributed by atoms with van der Waals surface area (Å²) >= 11 is 0. The maximum Gasteiger partial charge on any atom is 0.0543 e. The molecule has 0 aliphatic heterocycles. The topological polar surface area (TPSA) is 8.17 Å². The van der Waals surface area contributed by atoms with Crippen LogP contribution in [0.15, 0.2) is 182 Å². The fourth-order valence-corrected chi connectivity index (χ4v) is 1270. The Bertz CT molecular complexity index is 4960. The van der Waals surface area contributed by atoms with Crippen LogP contribution in [0.2, 0.25) is 0 Å². The van der Waals surface area contributed by atoms with E-state index in [9.17, 15) is 0 Å². The molecule has 8 aromatic carbocycles. The molecule has 0 saturated carbocycles. The monoisotopic (exact) mass is 3440 g/mol. The molecule has 780 valence electrons. The van der Waals surface area contributed by atoms with E-state index >= 15 is 0 Å². The summed E-state index contributed by atoms with van der Waals surface area (Å²) in [7, 11) is 161. The summed E-state index contributed by atoms with van der Waals surface area (Å²) in [4.78, 5) is 2.53. The van der Waals surface area contributed by atoms with E-state index in [1.807, 2.05) is 0 Å². The van der Waals surface area contributed by atoms with Crippen molar-refractivity contribution in [3.63, 3.8) is 0 Å². The smallest absolute Gasteiger partial charge is 0.0543 e. The van der Waals surface area contributed by atoms with Crippen molar-refractivity contribution in [3.05, 3.63) is 204 Å². The van der Waals surface area contributed by atoms with Crippen LogP contribution in [0, 0.1) is 0 Å². The summed E-state index contributed by atoms with van der Waals surface area (Å²) in [6.45, 7) is -5.59. The zero-order valence-electron chi connectivity index (χ0n) is 75.9.